The van der Waals surface area contributed by atoms with Crippen molar-refractivity contribution in [3.8, 4) is 0 Å². The molecule has 0 aliphatic carbocycles. The van der Waals surface area contributed by atoms with E-state index < -0.39 is 0 Å². The largest absolute Gasteiger partial charge is 0.330 e. The summed E-state index contributed by atoms with van der Waals surface area (Å²) < 4.78 is 1.70. The Hall–Kier alpha value is -1.68. The zero-order valence-electron chi connectivity index (χ0n) is 9.97. The van der Waals surface area contributed by atoms with E-state index in [9.17, 15) is 4.79 Å². The first kappa shape index (κ1) is 11.8. The second kappa shape index (κ2) is 5.10. The Morgan fingerprint density at radius 1 is 1.41 bits per heavy atom. The minimum absolute atomic E-state index is 0.0240. The summed E-state index contributed by atoms with van der Waals surface area (Å²) in [5.74, 6) is 0. The molecule has 0 amide bonds. The Morgan fingerprint density at radius 2 is 2.18 bits per heavy atom. The van der Waals surface area contributed by atoms with Gasteiger partial charge in [0.05, 0.1) is 17.2 Å². The minimum atomic E-state index is 0.0240. The molecule has 0 aliphatic heterocycles. The van der Waals surface area contributed by atoms with E-state index in [0.29, 0.717) is 11.9 Å². The number of benzene rings is 1. The minimum Gasteiger partial charge on any atom is -0.330 e. The number of hydrogen-bond donors (Lipinski definition) is 1. The lowest BCUT2D eigenvalue weighted by molar-refractivity contribution is 0.444. The fourth-order valence-electron chi connectivity index (χ4n) is 2.08. The van der Waals surface area contributed by atoms with Crippen LogP contribution in [0, 0.1) is 0 Å². The van der Waals surface area contributed by atoms with Gasteiger partial charge in [0, 0.05) is 6.04 Å². The Kier molecular flexibility index (Phi) is 3.54. The Balaban J connectivity index is 2.55. The summed E-state index contributed by atoms with van der Waals surface area (Å²) in [6.07, 6.45) is 3.32. The molecule has 1 aromatic carbocycles. The summed E-state index contributed by atoms with van der Waals surface area (Å²) in [7, 11) is 0. The lowest BCUT2D eigenvalue weighted by atomic mass is 10.1. The molecular weight excluding hydrogens is 214 g/mol. The molecule has 0 bridgehead atoms. The van der Waals surface area contributed by atoms with Crippen LogP contribution in [0.3, 0.4) is 0 Å². The second-order valence-corrected chi connectivity index (χ2v) is 4.11. The van der Waals surface area contributed by atoms with Crippen molar-refractivity contribution >= 4 is 10.9 Å². The molecule has 0 saturated carbocycles. The maximum atomic E-state index is 12.3. The smallest absolute Gasteiger partial charge is 0.261 e. The molecule has 0 saturated heterocycles. The normalized spacial score (nSPS) is 12.8. The van der Waals surface area contributed by atoms with Gasteiger partial charge in [-0.05, 0) is 31.5 Å². The summed E-state index contributed by atoms with van der Waals surface area (Å²) >= 11 is 0. The predicted octanol–water partition coefficient (Wildman–Crippen LogP) is 1.70. The van der Waals surface area contributed by atoms with Gasteiger partial charge >= 0.3 is 0 Å². The highest BCUT2D eigenvalue weighted by molar-refractivity contribution is 5.76. The van der Waals surface area contributed by atoms with Gasteiger partial charge in [0.1, 0.15) is 0 Å². The fourth-order valence-corrected chi connectivity index (χ4v) is 2.08. The van der Waals surface area contributed by atoms with E-state index in [1.165, 1.54) is 0 Å². The van der Waals surface area contributed by atoms with Crippen LogP contribution in [0.2, 0.25) is 0 Å². The van der Waals surface area contributed by atoms with Crippen molar-refractivity contribution < 1.29 is 0 Å². The molecule has 0 fully saturated rings. The SMILES string of the molecule is CCC(CCN)n1cnc2ccccc2c1=O. The van der Waals surface area contributed by atoms with Crippen molar-refractivity contribution in [3.63, 3.8) is 0 Å². The highest BCUT2D eigenvalue weighted by Gasteiger charge is 2.11. The van der Waals surface area contributed by atoms with Crippen LogP contribution in [-0.4, -0.2) is 16.1 Å². The summed E-state index contributed by atoms with van der Waals surface area (Å²) in [4.78, 5) is 16.6. The van der Waals surface area contributed by atoms with E-state index >= 15 is 0 Å². The van der Waals surface area contributed by atoms with Gasteiger partial charge in [0.15, 0.2) is 0 Å². The van der Waals surface area contributed by atoms with Gasteiger partial charge in [-0.3, -0.25) is 9.36 Å². The number of rotatable bonds is 4. The number of aromatic nitrogens is 2. The van der Waals surface area contributed by atoms with Crippen molar-refractivity contribution in [2.75, 3.05) is 6.54 Å². The second-order valence-electron chi connectivity index (χ2n) is 4.11. The molecule has 1 unspecified atom stereocenters. The first-order valence-corrected chi connectivity index (χ1v) is 5.94. The van der Waals surface area contributed by atoms with Crippen molar-refractivity contribution in [2.45, 2.75) is 25.8 Å². The Morgan fingerprint density at radius 3 is 2.88 bits per heavy atom. The third-order valence-electron chi connectivity index (χ3n) is 3.05. The van der Waals surface area contributed by atoms with Crippen molar-refractivity contribution in [2.24, 2.45) is 5.73 Å². The zero-order chi connectivity index (χ0) is 12.3. The number of hydrogen-bond acceptors (Lipinski definition) is 3. The lowest BCUT2D eigenvalue weighted by Crippen LogP contribution is -2.26. The van der Waals surface area contributed by atoms with Crippen LogP contribution < -0.4 is 11.3 Å². The van der Waals surface area contributed by atoms with Gasteiger partial charge in [-0.25, -0.2) is 4.98 Å². The quantitative estimate of drug-likeness (QED) is 0.871. The molecule has 0 radical (unpaired) electrons. The molecule has 4 nitrogen and oxygen atoms in total. The molecule has 2 aromatic rings. The number of nitrogens with zero attached hydrogens (tertiary/aromatic N) is 2. The van der Waals surface area contributed by atoms with Gasteiger partial charge in [-0.2, -0.15) is 0 Å². The summed E-state index contributed by atoms with van der Waals surface area (Å²) in [6.45, 7) is 2.64. The molecule has 90 valence electrons. The topological polar surface area (TPSA) is 60.9 Å². The highest BCUT2D eigenvalue weighted by atomic mass is 16.1. The molecule has 4 heteroatoms. The fraction of sp³-hybridized carbons (Fsp3) is 0.385. The maximum absolute atomic E-state index is 12.3. The number of nitrogens with two attached hydrogens (primary N) is 1. The first-order chi connectivity index (χ1) is 8.27. The van der Waals surface area contributed by atoms with Crippen LogP contribution in [0.15, 0.2) is 35.4 Å². The molecule has 0 aliphatic rings. The van der Waals surface area contributed by atoms with Crippen LogP contribution in [0.25, 0.3) is 10.9 Å². The third-order valence-corrected chi connectivity index (χ3v) is 3.05. The highest BCUT2D eigenvalue weighted by Crippen LogP contribution is 2.14. The Bertz CT molecular complexity index is 562. The van der Waals surface area contributed by atoms with Gasteiger partial charge in [-0.15, -0.1) is 0 Å². The third kappa shape index (κ3) is 2.22. The molecule has 0 spiro atoms. The van der Waals surface area contributed by atoms with Crippen LogP contribution >= 0.6 is 0 Å². The average Bonchev–Trinajstić information content (AvgIpc) is 2.37. The summed E-state index contributed by atoms with van der Waals surface area (Å²) in [5, 5.41) is 0.672. The molecular formula is C13H17N3O. The molecule has 1 heterocycles. The van der Waals surface area contributed by atoms with Crippen molar-refractivity contribution in [3.05, 3.63) is 40.9 Å². The van der Waals surface area contributed by atoms with Gasteiger partial charge in [0.2, 0.25) is 0 Å². The lowest BCUT2D eigenvalue weighted by Gasteiger charge is -2.17. The predicted molar refractivity (Wildman–Crippen MR) is 69.0 cm³/mol. The van der Waals surface area contributed by atoms with E-state index in [1.54, 1.807) is 10.9 Å². The van der Waals surface area contributed by atoms with E-state index in [4.69, 9.17) is 5.73 Å². The zero-order valence-corrected chi connectivity index (χ0v) is 9.97. The molecule has 17 heavy (non-hydrogen) atoms. The van der Waals surface area contributed by atoms with Crippen molar-refractivity contribution in [1.29, 1.82) is 0 Å². The van der Waals surface area contributed by atoms with Gasteiger partial charge in [-0.1, -0.05) is 19.1 Å². The summed E-state index contributed by atoms with van der Waals surface area (Å²) in [5.41, 5.74) is 6.34. The van der Waals surface area contributed by atoms with Crippen LogP contribution in [0.5, 0.6) is 0 Å². The number of fused-ring (bicyclic) bond motifs is 1. The summed E-state index contributed by atoms with van der Waals surface area (Å²) in [6, 6.07) is 7.56. The van der Waals surface area contributed by atoms with E-state index in [2.05, 4.69) is 11.9 Å². The Labute approximate surface area is 100 Å². The average molecular weight is 231 g/mol. The molecule has 2 N–H and O–H groups in total. The molecule has 2 rings (SSSR count). The van der Waals surface area contributed by atoms with E-state index in [1.807, 2.05) is 24.3 Å². The van der Waals surface area contributed by atoms with Gasteiger partial charge in [0.25, 0.3) is 5.56 Å². The van der Waals surface area contributed by atoms with E-state index in [0.717, 1.165) is 18.4 Å². The van der Waals surface area contributed by atoms with E-state index in [-0.39, 0.29) is 11.6 Å². The molecule has 1 atom stereocenters. The van der Waals surface area contributed by atoms with Crippen LogP contribution in [0.1, 0.15) is 25.8 Å². The van der Waals surface area contributed by atoms with Crippen LogP contribution in [-0.2, 0) is 0 Å². The van der Waals surface area contributed by atoms with Crippen LogP contribution in [0.4, 0.5) is 0 Å². The molecule has 1 aromatic heterocycles. The standard InChI is InChI=1S/C13H17N3O/c1-2-10(7-8-14)16-9-15-12-6-4-3-5-11(12)13(16)17/h3-6,9-10H,2,7-8,14H2,1H3. The number of para-hydroxylation sites is 1. The maximum Gasteiger partial charge on any atom is 0.261 e. The van der Waals surface area contributed by atoms with Crippen molar-refractivity contribution in [1.82, 2.24) is 9.55 Å². The first-order valence-electron chi connectivity index (χ1n) is 5.94. The van der Waals surface area contributed by atoms with Gasteiger partial charge < -0.3 is 5.73 Å². The monoisotopic (exact) mass is 231 g/mol.